The second-order valence-corrected chi connectivity index (χ2v) is 5.80. The van der Waals surface area contributed by atoms with Gasteiger partial charge in [-0.2, -0.15) is 5.10 Å². The SMILES string of the molecule is c1cnn(-c2cc(N3CCN(Cc4ccncc4)CC3)ncn2)c1. The molecular weight excluding hydrogens is 302 g/mol. The lowest BCUT2D eigenvalue weighted by atomic mass is 10.2. The van der Waals surface area contributed by atoms with Crippen molar-refractivity contribution in [3.63, 3.8) is 0 Å². The average Bonchev–Trinajstić information content (AvgIpc) is 3.18. The van der Waals surface area contributed by atoms with Crippen LogP contribution in [0.15, 0.2) is 55.4 Å². The second kappa shape index (κ2) is 6.76. The molecule has 0 aromatic carbocycles. The predicted molar refractivity (Wildman–Crippen MR) is 90.9 cm³/mol. The van der Waals surface area contributed by atoms with Gasteiger partial charge in [-0.05, 0) is 23.8 Å². The first-order valence-corrected chi connectivity index (χ1v) is 8.07. The third-order valence-electron chi connectivity index (χ3n) is 4.23. The lowest BCUT2D eigenvalue weighted by Crippen LogP contribution is -2.46. The summed E-state index contributed by atoms with van der Waals surface area (Å²) in [7, 11) is 0. The first-order chi connectivity index (χ1) is 11.9. The number of aromatic nitrogens is 5. The van der Waals surface area contributed by atoms with Gasteiger partial charge in [-0.3, -0.25) is 9.88 Å². The van der Waals surface area contributed by atoms with E-state index >= 15 is 0 Å². The van der Waals surface area contributed by atoms with Gasteiger partial charge >= 0.3 is 0 Å². The third-order valence-corrected chi connectivity index (χ3v) is 4.23. The van der Waals surface area contributed by atoms with Crippen LogP contribution in [0.3, 0.4) is 0 Å². The van der Waals surface area contributed by atoms with E-state index < -0.39 is 0 Å². The lowest BCUT2D eigenvalue weighted by Gasteiger charge is -2.35. The zero-order chi connectivity index (χ0) is 16.2. The maximum atomic E-state index is 4.43. The van der Waals surface area contributed by atoms with E-state index in [4.69, 9.17) is 0 Å². The van der Waals surface area contributed by atoms with E-state index in [-0.39, 0.29) is 0 Å². The second-order valence-electron chi connectivity index (χ2n) is 5.80. The summed E-state index contributed by atoms with van der Waals surface area (Å²) in [5, 5.41) is 4.23. The molecule has 0 saturated carbocycles. The van der Waals surface area contributed by atoms with Gasteiger partial charge in [0, 0.05) is 63.6 Å². The summed E-state index contributed by atoms with van der Waals surface area (Å²) in [6.45, 7) is 4.92. The van der Waals surface area contributed by atoms with E-state index in [0.29, 0.717) is 0 Å². The molecule has 3 aromatic heterocycles. The van der Waals surface area contributed by atoms with E-state index in [1.807, 2.05) is 30.7 Å². The predicted octanol–water partition coefficient (Wildman–Crippen LogP) is 1.38. The van der Waals surface area contributed by atoms with Gasteiger partial charge < -0.3 is 4.90 Å². The van der Waals surface area contributed by atoms with Crippen LogP contribution < -0.4 is 4.90 Å². The summed E-state index contributed by atoms with van der Waals surface area (Å²) >= 11 is 0. The van der Waals surface area contributed by atoms with Gasteiger partial charge in [-0.1, -0.05) is 0 Å². The zero-order valence-corrected chi connectivity index (χ0v) is 13.4. The Kier molecular flexibility index (Phi) is 4.16. The Morgan fingerprint density at radius 3 is 2.46 bits per heavy atom. The van der Waals surface area contributed by atoms with Crippen LogP contribution in [0.1, 0.15) is 5.56 Å². The van der Waals surface area contributed by atoms with Gasteiger partial charge in [0.15, 0.2) is 5.82 Å². The molecule has 24 heavy (non-hydrogen) atoms. The monoisotopic (exact) mass is 321 g/mol. The molecular formula is C17H19N7. The van der Waals surface area contributed by atoms with Gasteiger partial charge in [0.1, 0.15) is 12.1 Å². The molecule has 0 radical (unpaired) electrons. The first kappa shape index (κ1) is 14.8. The highest BCUT2D eigenvalue weighted by atomic mass is 15.3. The number of piperazine rings is 1. The van der Waals surface area contributed by atoms with Gasteiger partial charge in [-0.15, -0.1) is 0 Å². The topological polar surface area (TPSA) is 63.0 Å². The highest BCUT2D eigenvalue weighted by molar-refractivity contribution is 5.43. The molecule has 1 aliphatic rings. The number of pyridine rings is 1. The van der Waals surface area contributed by atoms with Crippen LogP contribution in [0.25, 0.3) is 5.82 Å². The van der Waals surface area contributed by atoms with Crippen molar-refractivity contribution in [3.05, 3.63) is 60.9 Å². The molecule has 0 amide bonds. The van der Waals surface area contributed by atoms with Gasteiger partial charge in [-0.25, -0.2) is 14.6 Å². The summed E-state index contributed by atoms with van der Waals surface area (Å²) in [4.78, 5) is 17.6. The maximum absolute atomic E-state index is 4.43. The van der Waals surface area contributed by atoms with Gasteiger partial charge in [0.25, 0.3) is 0 Å². The minimum absolute atomic E-state index is 0.796. The Bertz CT molecular complexity index is 765. The van der Waals surface area contributed by atoms with Crippen LogP contribution in [-0.2, 0) is 6.54 Å². The fraction of sp³-hybridized carbons (Fsp3) is 0.294. The quantitative estimate of drug-likeness (QED) is 0.723. The largest absolute Gasteiger partial charge is 0.354 e. The Morgan fingerprint density at radius 2 is 1.71 bits per heavy atom. The van der Waals surface area contributed by atoms with Crippen molar-refractivity contribution in [2.24, 2.45) is 0 Å². The molecule has 0 bridgehead atoms. The van der Waals surface area contributed by atoms with Crippen LogP contribution in [0, 0.1) is 0 Å². The molecule has 4 rings (SSSR count). The van der Waals surface area contributed by atoms with Crippen molar-refractivity contribution in [2.45, 2.75) is 6.54 Å². The van der Waals surface area contributed by atoms with Crippen LogP contribution in [0.5, 0.6) is 0 Å². The molecule has 1 aliphatic heterocycles. The summed E-state index contributed by atoms with van der Waals surface area (Å²) in [6.07, 6.45) is 8.95. The molecule has 0 unspecified atom stereocenters. The molecule has 122 valence electrons. The van der Waals surface area contributed by atoms with E-state index in [0.717, 1.165) is 44.4 Å². The van der Waals surface area contributed by atoms with Crippen LogP contribution >= 0.6 is 0 Å². The summed E-state index contributed by atoms with van der Waals surface area (Å²) in [6, 6.07) is 8.03. The van der Waals surface area contributed by atoms with Gasteiger partial charge in [0.2, 0.25) is 0 Å². The molecule has 7 nitrogen and oxygen atoms in total. The summed E-state index contributed by atoms with van der Waals surface area (Å²) < 4.78 is 1.75. The Morgan fingerprint density at radius 1 is 0.917 bits per heavy atom. The number of nitrogens with zero attached hydrogens (tertiary/aromatic N) is 7. The van der Waals surface area contributed by atoms with Crippen LogP contribution in [0.2, 0.25) is 0 Å². The first-order valence-electron chi connectivity index (χ1n) is 8.07. The van der Waals surface area contributed by atoms with Crippen molar-refractivity contribution < 1.29 is 0 Å². The average molecular weight is 321 g/mol. The molecule has 0 N–H and O–H groups in total. The number of hydrogen-bond acceptors (Lipinski definition) is 6. The molecule has 1 saturated heterocycles. The maximum Gasteiger partial charge on any atom is 0.158 e. The number of anilines is 1. The van der Waals surface area contributed by atoms with E-state index in [9.17, 15) is 0 Å². The fourth-order valence-electron chi connectivity index (χ4n) is 2.92. The highest BCUT2D eigenvalue weighted by Crippen LogP contribution is 2.16. The van der Waals surface area contributed by atoms with E-state index in [2.05, 4.69) is 42.0 Å². The third kappa shape index (κ3) is 3.26. The standard InChI is InChI=1S/C17H19N7/c1-4-21-24(7-1)17-12-16(19-14-20-17)23-10-8-22(9-11-23)13-15-2-5-18-6-3-15/h1-7,12,14H,8-11,13H2. The molecule has 4 heterocycles. The van der Waals surface area contributed by atoms with Crippen molar-refractivity contribution in [1.29, 1.82) is 0 Å². The normalized spacial score (nSPS) is 15.6. The zero-order valence-electron chi connectivity index (χ0n) is 13.4. The Balaban J connectivity index is 1.40. The fourth-order valence-corrected chi connectivity index (χ4v) is 2.92. The lowest BCUT2D eigenvalue weighted by molar-refractivity contribution is 0.249. The molecule has 0 atom stereocenters. The van der Waals surface area contributed by atoms with Crippen LogP contribution in [0.4, 0.5) is 5.82 Å². The smallest absolute Gasteiger partial charge is 0.158 e. The molecule has 7 heteroatoms. The minimum Gasteiger partial charge on any atom is -0.354 e. The molecule has 3 aromatic rings. The number of rotatable bonds is 4. The molecule has 1 fully saturated rings. The molecule has 0 spiro atoms. The molecule has 0 aliphatic carbocycles. The van der Waals surface area contributed by atoms with Crippen molar-refractivity contribution in [3.8, 4) is 5.82 Å². The van der Waals surface area contributed by atoms with Crippen LogP contribution in [-0.4, -0.2) is 55.8 Å². The highest BCUT2D eigenvalue weighted by Gasteiger charge is 2.18. The van der Waals surface area contributed by atoms with Crippen molar-refractivity contribution >= 4 is 5.82 Å². The van der Waals surface area contributed by atoms with Crippen molar-refractivity contribution in [1.82, 2.24) is 29.6 Å². The Labute approximate surface area is 140 Å². The minimum atomic E-state index is 0.796. The Hall–Kier alpha value is -2.80. The summed E-state index contributed by atoms with van der Waals surface area (Å²) in [5.41, 5.74) is 1.31. The summed E-state index contributed by atoms with van der Waals surface area (Å²) in [5.74, 6) is 1.75. The van der Waals surface area contributed by atoms with Crippen molar-refractivity contribution in [2.75, 3.05) is 31.1 Å². The van der Waals surface area contributed by atoms with E-state index in [1.54, 1.807) is 17.2 Å². The van der Waals surface area contributed by atoms with E-state index in [1.165, 1.54) is 5.56 Å². The number of hydrogen-bond donors (Lipinski definition) is 0. The van der Waals surface area contributed by atoms with Gasteiger partial charge in [0.05, 0.1) is 0 Å².